The highest BCUT2D eigenvalue weighted by atomic mass is 35.5. The Morgan fingerprint density at radius 3 is 2.62 bits per heavy atom. The van der Waals surface area contributed by atoms with Crippen LogP contribution >= 0.6 is 11.6 Å². The van der Waals surface area contributed by atoms with Crippen LogP contribution in [-0.2, 0) is 19.6 Å². The van der Waals surface area contributed by atoms with Crippen molar-refractivity contribution in [2.75, 3.05) is 13.6 Å². The highest BCUT2D eigenvalue weighted by Gasteiger charge is 2.02. The zero-order valence-electron chi connectivity index (χ0n) is 16.3. The van der Waals surface area contributed by atoms with Crippen molar-refractivity contribution in [2.45, 2.75) is 19.6 Å². The molecule has 0 radical (unpaired) electrons. The van der Waals surface area contributed by atoms with Crippen LogP contribution in [0, 0.1) is 0 Å². The number of halogens is 1. The summed E-state index contributed by atoms with van der Waals surface area (Å²) in [5.74, 6) is 1.34. The molecule has 0 aliphatic heterocycles. The number of pyridine rings is 2. The maximum Gasteiger partial charge on any atom is 0.213 e. The van der Waals surface area contributed by atoms with Crippen molar-refractivity contribution in [3.8, 4) is 5.88 Å². The summed E-state index contributed by atoms with van der Waals surface area (Å²) in [5, 5.41) is 7.10. The van der Waals surface area contributed by atoms with Crippen LogP contribution in [0.2, 0.25) is 5.15 Å². The lowest BCUT2D eigenvalue weighted by molar-refractivity contribution is 0.293. The Bertz CT molecular complexity index is 916. The van der Waals surface area contributed by atoms with E-state index in [1.807, 2.05) is 48.5 Å². The summed E-state index contributed by atoms with van der Waals surface area (Å²) in [6, 6.07) is 17.7. The molecule has 0 bridgehead atoms. The summed E-state index contributed by atoms with van der Waals surface area (Å²) in [6.45, 7) is 1.85. The first-order valence-electron chi connectivity index (χ1n) is 9.39. The van der Waals surface area contributed by atoms with Gasteiger partial charge in [-0.05, 0) is 35.2 Å². The van der Waals surface area contributed by atoms with Crippen LogP contribution in [-0.4, -0.2) is 29.5 Å². The van der Waals surface area contributed by atoms with Crippen LogP contribution < -0.4 is 15.4 Å². The molecule has 0 saturated heterocycles. The van der Waals surface area contributed by atoms with Gasteiger partial charge in [0, 0.05) is 38.6 Å². The van der Waals surface area contributed by atoms with Crippen molar-refractivity contribution in [1.82, 2.24) is 20.6 Å². The zero-order chi connectivity index (χ0) is 20.3. The lowest BCUT2D eigenvalue weighted by Gasteiger charge is -2.12. The number of hydrogen-bond donors (Lipinski definition) is 2. The smallest absolute Gasteiger partial charge is 0.213 e. The van der Waals surface area contributed by atoms with Crippen molar-refractivity contribution in [3.05, 3.63) is 88.8 Å². The summed E-state index contributed by atoms with van der Waals surface area (Å²) in [5.41, 5.74) is 3.29. The van der Waals surface area contributed by atoms with Gasteiger partial charge in [0.15, 0.2) is 5.96 Å². The van der Waals surface area contributed by atoms with Crippen molar-refractivity contribution in [3.63, 3.8) is 0 Å². The monoisotopic (exact) mass is 409 g/mol. The van der Waals surface area contributed by atoms with Crippen molar-refractivity contribution in [2.24, 2.45) is 4.99 Å². The predicted octanol–water partition coefficient (Wildman–Crippen LogP) is 3.62. The number of aliphatic imine (C=N–C) groups is 1. The molecule has 2 N–H and O–H groups in total. The van der Waals surface area contributed by atoms with E-state index >= 15 is 0 Å². The molecule has 29 heavy (non-hydrogen) atoms. The molecule has 0 amide bonds. The van der Waals surface area contributed by atoms with Gasteiger partial charge in [0.25, 0.3) is 0 Å². The van der Waals surface area contributed by atoms with Gasteiger partial charge in [-0.1, -0.05) is 48.0 Å². The van der Waals surface area contributed by atoms with Gasteiger partial charge in [-0.15, -0.1) is 0 Å². The number of aromatic nitrogens is 2. The molecule has 3 aromatic rings. The van der Waals surface area contributed by atoms with E-state index in [9.17, 15) is 0 Å². The fourth-order valence-electron chi connectivity index (χ4n) is 2.66. The quantitative estimate of drug-likeness (QED) is 0.338. The highest BCUT2D eigenvalue weighted by Crippen LogP contribution is 2.12. The topological polar surface area (TPSA) is 71.4 Å². The van der Waals surface area contributed by atoms with Gasteiger partial charge < -0.3 is 15.4 Å². The third kappa shape index (κ3) is 7.08. The molecular weight excluding hydrogens is 386 g/mol. The van der Waals surface area contributed by atoms with Gasteiger partial charge in [-0.3, -0.25) is 4.99 Å². The van der Waals surface area contributed by atoms with E-state index in [1.165, 1.54) is 0 Å². The van der Waals surface area contributed by atoms with Crippen LogP contribution in [0.4, 0.5) is 0 Å². The molecule has 0 fully saturated rings. The van der Waals surface area contributed by atoms with Gasteiger partial charge in [0.2, 0.25) is 5.88 Å². The zero-order valence-corrected chi connectivity index (χ0v) is 17.1. The summed E-state index contributed by atoms with van der Waals surface area (Å²) in [7, 11) is 1.75. The van der Waals surface area contributed by atoms with Crippen LogP contribution in [0.25, 0.3) is 0 Å². The van der Waals surface area contributed by atoms with E-state index in [1.54, 1.807) is 25.5 Å². The largest absolute Gasteiger partial charge is 0.473 e. The van der Waals surface area contributed by atoms with Gasteiger partial charge in [0.1, 0.15) is 11.8 Å². The first-order valence-corrected chi connectivity index (χ1v) is 9.77. The van der Waals surface area contributed by atoms with Gasteiger partial charge in [-0.25, -0.2) is 9.97 Å². The molecule has 6 nitrogen and oxygen atoms in total. The maximum absolute atomic E-state index is 5.81. The second kappa shape index (κ2) is 11.0. The Labute approximate surface area is 176 Å². The number of nitrogens with zero attached hydrogens (tertiary/aromatic N) is 3. The first kappa shape index (κ1) is 20.6. The van der Waals surface area contributed by atoms with Crippen molar-refractivity contribution < 1.29 is 4.74 Å². The van der Waals surface area contributed by atoms with Crippen LogP contribution in [0.5, 0.6) is 5.88 Å². The molecule has 0 saturated carbocycles. The van der Waals surface area contributed by atoms with E-state index in [0.717, 1.165) is 35.6 Å². The Morgan fingerprint density at radius 2 is 1.86 bits per heavy atom. The average Bonchev–Trinajstić information content (AvgIpc) is 2.77. The maximum atomic E-state index is 5.81. The molecule has 0 unspecified atom stereocenters. The molecule has 150 valence electrons. The molecule has 0 atom stereocenters. The second-order valence-electron chi connectivity index (χ2n) is 6.37. The Kier molecular flexibility index (Phi) is 7.83. The molecular formula is C22H24ClN5O. The Hall–Kier alpha value is -3.12. The molecule has 2 heterocycles. The van der Waals surface area contributed by atoms with Crippen molar-refractivity contribution in [1.29, 1.82) is 0 Å². The van der Waals surface area contributed by atoms with E-state index in [2.05, 4.69) is 25.6 Å². The molecule has 0 aliphatic carbocycles. The van der Waals surface area contributed by atoms with Crippen LogP contribution in [0.1, 0.15) is 16.7 Å². The number of nitrogens with one attached hydrogen (secondary N) is 2. The minimum Gasteiger partial charge on any atom is -0.473 e. The van der Waals surface area contributed by atoms with Crippen molar-refractivity contribution >= 4 is 17.6 Å². The van der Waals surface area contributed by atoms with Gasteiger partial charge >= 0.3 is 0 Å². The average molecular weight is 410 g/mol. The third-order valence-electron chi connectivity index (χ3n) is 4.21. The minimum absolute atomic E-state index is 0.494. The first-order chi connectivity index (χ1) is 14.2. The number of guanidine groups is 1. The van der Waals surface area contributed by atoms with Crippen LogP contribution in [0.15, 0.2) is 72.0 Å². The summed E-state index contributed by atoms with van der Waals surface area (Å²) >= 11 is 5.81. The summed E-state index contributed by atoms with van der Waals surface area (Å²) in [6.07, 6.45) is 4.37. The van der Waals surface area contributed by atoms with E-state index < -0.39 is 0 Å². The molecule has 3 rings (SSSR count). The molecule has 0 spiro atoms. The molecule has 7 heteroatoms. The van der Waals surface area contributed by atoms with Gasteiger partial charge in [-0.2, -0.15) is 0 Å². The predicted molar refractivity (Wildman–Crippen MR) is 116 cm³/mol. The molecule has 1 aromatic carbocycles. The number of ether oxygens (including phenoxy) is 1. The fourth-order valence-corrected chi connectivity index (χ4v) is 2.77. The number of rotatable bonds is 8. The van der Waals surface area contributed by atoms with E-state index in [0.29, 0.717) is 24.2 Å². The Balaban J connectivity index is 1.44. The van der Waals surface area contributed by atoms with Crippen LogP contribution in [0.3, 0.4) is 0 Å². The summed E-state index contributed by atoms with van der Waals surface area (Å²) in [4.78, 5) is 12.6. The second-order valence-corrected chi connectivity index (χ2v) is 6.76. The lowest BCUT2D eigenvalue weighted by atomic mass is 10.2. The summed E-state index contributed by atoms with van der Waals surface area (Å²) < 4.78 is 5.79. The van der Waals surface area contributed by atoms with E-state index in [4.69, 9.17) is 16.3 Å². The number of hydrogen-bond acceptors (Lipinski definition) is 4. The highest BCUT2D eigenvalue weighted by molar-refractivity contribution is 6.29. The van der Waals surface area contributed by atoms with E-state index in [-0.39, 0.29) is 0 Å². The normalized spacial score (nSPS) is 11.2. The fraction of sp³-hybridized carbons (Fsp3) is 0.227. The molecule has 0 aliphatic rings. The standard InChI is InChI=1S/C22H24ClN5O/c1-24-22(26-12-9-17-7-8-20(23)27-14-17)28-15-19-10-11-25-21(13-19)29-16-18-5-3-2-4-6-18/h2-8,10-11,13-14H,9,12,15-16H2,1H3,(H2,24,26,28). The minimum atomic E-state index is 0.494. The SMILES string of the molecule is CN=C(NCCc1ccc(Cl)nc1)NCc1ccnc(OCc2ccccc2)c1. The lowest BCUT2D eigenvalue weighted by Crippen LogP contribution is -2.37. The third-order valence-corrected chi connectivity index (χ3v) is 4.43. The van der Waals surface area contributed by atoms with Gasteiger partial charge in [0.05, 0.1) is 0 Å². The number of benzene rings is 1. The molecule has 2 aromatic heterocycles. The Morgan fingerprint density at radius 1 is 1.00 bits per heavy atom.